The van der Waals surface area contributed by atoms with Gasteiger partial charge in [0, 0.05) is 18.6 Å². The van der Waals surface area contributed by atoms with Crippen LogP contribution >= 0.6 is 0 Å². The third-order valence-corrected chi connectivity index (χ3v) is 3.59. The highest BCUT2D eigenvalue weighted by molar-refractivity contribution is 5.66. The number of nitrogens with zero attached hydrogens (tertiary/aromatic N) is 2. The molecule has 1 aromatic heterocycles. The number of hydrogen-bond donors (Lipinski definition) is 1. The number of carbonyl (C=O) groups is 1. The zero-order valence-electron chi connectivity index (χ0n) is 12.6. The van der Waals surface area contributed by atoms with Crippen molar-refractivity contribution >= 4 is 5.97 Å². The van der Waals surface area contributed by atoms with Gasteiger partial charge in [-0.05, 0) is 37.1 Å². The minimum Gasteiger partial charge on any atom is -0.491 e. The maximum Gasteiger partial charge on any atom is 0.303 e. The Bertz CT molecular complexity index is 647. The summed E-state index contributed by atoms with van der Waals surface area (Å²) in [7, 11) is 0. The molecule has 122 valence electrons. The van der Waals surface area contributed by atoms with Gasteiger partial charge in [-0.1, -0.05) is 5.16 Å². The van der Waals surface area contributed by atoms with Crippen molar-refractivity contribution in [3.63, 3.8) is 0 Å². The molecule has 0 bridgehead atoms. The van der Waals surface area contributed by atoms with Crippen LogP contribution in [0.15, 0.2) is 28.8 Å². The van der Waals surface area contributed by atoms with Gasteiger partial charge in [0.1, 0.15) is 12.4 Å². The zero-order valence-corrected chi connectivity index (χ0v) is 12.6. The monoisotopic (exact) mass is 318 g/mol. The van der Waals surface area contributed by atoms with E-state index in [1.807, 2.05) is 24.3 Å². The van der Waals surface area contributed by atoms with Gasteiger partial charge in [0.25, 0.3) is 0 Å². The van der Waals surface area contributed by atoms with Crippen LogP contribution in [-0.4, -0.2) is 40.5 Å². The van der Waals surface area contributed by atoms with Crippen molar-refractivity contribution in [2.75, 3.05) is 13.2 Å². The Hall–Kier alpha value is -2.41. The molecule has 1 aromatic carbocycles. The molecule has 0 aliphatic carbocycles. The fourth-order valence-electron chi connectivity index (χ4n) is 2.35. The van der Waals surface area contributed by atoms with Gasteiger partial charge in [-0.3, -0.25) is 4.79 Å². The second kappa shape index (κ2) is 7.23. The molecule has 1 aliphatic rings. The number of ether oxygens (including phenoxy) is 2. The zero-order chi connectivity index (χ0) is 16.1. The molecule has 7 heteroatoms. The molecule has 7 nitrogen and oxygen atoms in total. The minimum atomic E-state index is -0.891. The van der Waals surface area contributed by atoms with Crippen molar-refractivity contribution in [3.8, 4) is 17.1 Å². The first-order valence-electron chi connectivity index (χ1n) is 7.60. The van der Waals surface area contributed by atoms with Gasteiger partial charge in [-0.25, -0.2) is 0 Å². The number of aryl methyl sites for hydroxylation is 1. The average Bonchev–Trinajstić information content (AvgIpc) is 3.23. The first-order valence-corrected chi connectivity index (χ1v) is 7.60. The number of carboxylic acids is 1. The minimum absolute atomic E-state index is 0.0301. The predicted octanol–water partition coefficient (Wildman–Crippen LogP) is 2.31. The van der Waals surface area contributed by atoms with E-state index in [2.05, 4.69) is 10.1 Å². The topological polar surface area (TPSA) is 94.7 Å². The predicted molar refractivity (Wildman–Crippen MR) is 80.2 cm³/mol. The average molecular weight is 318 g/mol. The molecular formula is C16H18N2O5. The van der Waals surface area contributed by atoms with Crippen LogP contribution in [0.3, 0.4) is 0 Å². The first kappa shape index (κ1) is 15.5. The van der Waals surface area contributed by atoms with Crippen LogP contribution in [0.4, 0.5) is 0 Å². The lowest BCUT2D eigenvalue weighted by Gasteiger charge is -2.11. The third kappa shape index (κ3) is 4.29. The van der Waals surface area contributed by atoms with Gasteiger partial charge < -0.3 is 19.1 Å². The molecule has 0 radical (unpaired) electrons. The lowest BCUT2D eigenvalue weighted by molar-refractivity contribution is -0.137. The highest BCUT2D eigenvalue weighted by Gasteiger charge is 2.16. The molecule has 0 spiro atoms. The van der Waals surface area contributed by atoms with Crippen LogP contribution in [0.1, 0.15) is 25.2 Å². The highest BCUT2D eigenvalue weighted by Crippen LogP contribution is 2.21. The maximum absolute atomic E-state index is 10.5. The van der Waals surface area contributed by atoms with Crippen molar-refractivity contribution < 1.29 is 23.9 Å². The summed E-state index contributed by atoms with van der Waals surface area (Å²) in [5.41, 5.74) is 0.791. The highest BCUT2D eigenvalue weighted by atomic mass is 16.5. The second-order valence-corrected chi connectivity index (χ2v) is 5.38. The molecule has 3 rings (SSSR count). The molecule has 1 fully saturated rings. The van der Waals surface area contributed by atoms with E-state index in [-0.39, 0.29) is 18.9 Å². The lowest BCUT2D eigenvalue weighted by Crippen LogP contribution is -2.16. The summed E-state index contributed by atoms with van der Waals surface area (Å²) in [6.07, 6.45) is 2.51. The van der Waals surface area contributed by atoms with Gasteiger partial charge >= 0.3 is 5.97 Å². The molecule has 1 unspecified atom stereocenters. The molecule has 1 atom stereocenters. The lowest BCUT2D eigenvalue weighted by atomic mass is 10.2. The number of benzene rings is 1. The molecule has 2 heterocycles. The van der Waals surface area contributed by atoms with Crippen LogP contribution in [0, 0.1) is 0 Å². The molecule has 1 N–H and O–H groups in total. The Labute approximate surface area is 133 Å². The molecule has 1 saturated heterocycles. The Kier molecular flexibility index (Phi) is 4.87. The number of carboxylic acid groups (broad SMARTS) is 1. The van der Waals surface area contributed by atoms with E-state index in [0.717, 1.165) is 30.8 Å². The quantitative estimate of drug-likeness (QED) is 0.837. The van der Waals surface area contributed by atoms with E-state index < -0.39 is 5.97 Å². The Morgan fingerprint density at radius 3 is 2.87 bits per heavy atom. The van der Waals surface area contributed by atoms with Crippen molar-refractivity contribution in [1.29, 1.82) is 0 Å². The van der Waals surface area contributed by atoms with E-state index in [1.54, 1.807) is 0 Å². The van der Waals surface area contributed by atoms with Gasteiger partial charge in [0.15, 0.2) is 0 Å². The van der Waals surface area contributed by atoms with Gasteiger partial charge in [0.2, 0.25) is 11.7 Å². The molecule has 23 heavy (non-hydrogen) atoms. The number of hydrogen-bond acceptors (Lipinski definition) is 6. The fourth-order valence-corrected chi connectivity index (χ4v) is 2.35. The summed E-state index contributed by atoms with van der Waals surface area (Å²) in [6, 6.07) is 7.38. The van der Waals surface area contributed by atoms with Crippen LogP contribution < -0.4 is 4.74 Å². The smallest absolute Gasteiger partial charge is 0.303 e. The third-order valence-electron chi connectivity index (χ3n) is 3.59. The van der Waals surface area contributed by atoms with E-state index >= 15 is 0 Å². The summed E-state index contributed by atoms with van der Waals surface area (Å²) in [5.74, 6) is 0.633. The van der Waals surface area contributed by atoms with E-state index in [4.69, 9.17) is 19.1 Å². The second-order valence-electron chi connectivity index (χ2n) is 5.38. The summed E-state index contributed by atoms with van der Waals surface area (Å²) >= 11 is 0. The van der Waals surface area contributed by atoms with Crippen molar-refractivity contribution in [1.82, 2.24) is 10.1 Å². The van der Waals surface area contributed by atoms with Gasteiger partial charge in [-0.2, -0.15) is 4.98 Å². The summed E-state index contributed by atoms with van der Waals surface area (Å²) in [4.78, 5) is 14.7. The molecule has 2 aromatic rings. The molecular weight excluding hydrogens is 300 g/mol. The van der Waals surface area contributed by atoms with E-state index in [0.29, 0.717) is 18.3 Å². The molecule has 0 amide bonds. The van der Waals surface area contributed by atoms with Crippen LogP contribution in [-0.2, 0) is 16.0 Å². The Morgan fingerprint density at radius 1 is 1.35 bits per heavy atom. The summed E-state index contributed by atoms with van der Waals surface area (Å²) in [6.45, 7) is 1.37. The standard InChI is InChI=1S/C16H18N2O5/c19-15(20)8-7-14-17-16(18-23-14)11-3-5-12(6-4-11)22-10-13-2-1-9-21-13/h3-6,13H,1-2,7-10H2,(H,19,20). The molecule has 1 aliphatic heterocycles. The summed E-state index contributed by atoms with van der Waals surface area (Å²) in [5, 5.41) is 12.5. The largest absolute Gasteiger partial charge is 0.491 e. The number of aliphatic carboxylic acids is 1. The van der Waals surface area contributed by atoms with Crippen molar-refractivity contribution in [2.24, 2.45) is 0 Å². The van der Waals surface area contributed by atoms with Crippen LogP contribution in [0.25, 0.3) is 11.4 Å². The first-order chi connectivity index (χ1) is 11.2. The van der Waals surface area contributed by atoms with Gasteiger partial charge in [0.05, 0.1) is 12.5 Å². The fraction of sp³-hybridized carbons (Fsp3) is 0.438. The van der Waals surface area contributed by atoms with Crippen LogP contribution in [0.2, 0.25) is 0 Å². The Morgan fingerprint density at radius 2 is 2.17 bits per heavy atom. The molecule has 0 saturated carbocycles. The van der Waals surface area contributed by atoms with Crippen molar-refractivity contribution in [2.45, 2.75) is 31.8 Å². The Balaban J connectivity index is 1.57. The van der Waals surface area contributed by atoms with Crippen molar-refractivity contribution in [3.05, 3.63) is 30.2 Å². The van der Waals surface area contributed by atoms with Crippen LogP contribution in [0.5, 0.6) is 5.75 Å². The van der Waals surface area contributed by atoms with Gasteiger partial charge in [-0.15, -0.1) is 0 Å². The number of aromatic nitrogens is 2. The SMILES string of the molecule is O=C(O)CCc1nc(-c2ccc(OCC3CCCO3)cc2)no1. The number of rotatable bonds is 7. The maximum atomic E-state index is 10.5. The van der Waals surface area contributed by atoms with E-state index in [1.165, 1.54) is 0 Å². The van der Waals surface area contributed by atoms with E-state index in [9.17, 15) is 4.79 Å². The summed E-state index contributed by atoms with van der Waals surface area (Å²) < 4.78 is 16.2. The normalized spacial score (nSPS) is 17.3.